The lowest BCUT2D eigenvalue weighted by atomic mass is 10.3. The molecule has 0 atom stereocenters. The van der Waals surface area contributed by atoms with Gasteiger partial charge in [0.2, 0.25) is 15.9 Å². The van der Waals surface area contributed by atoms with Gasteiger partial charge in [-0.3, -0.25) is 9.78 Å². The average Bonchev–Trinajstić information content (AvgIpc) is 2.56. The van der Waals surface area contributed by atoms with Crippen LogP contribution in [-0.4, -0.2) is 32.2 Å². The summed E-state index contributed by atoms with van der Waals surface area (Å²) in [5.41, 5.74) is 0.250. The van der Waals surface area contributed by atoms with Gasteiger partial charge < -0.3 is 10.1 Å². The van der Waals surface area contributed by atoms with Crippen LogP contribution in [0.2, 0.25) is 0 Å². The molecule has 0 spiro atoms. The van der Waals surface area contributed by atoms with E-state index in [0.29, 0.717) is 0 Å². The predicted molar refractivity (Wildman–Crippen MR) is 85.8 cm³/mol. The van der Waals surface area contributed by atoms with E-state index in [-0.39, 0.29) is 23.5 Å². The van der Waals surface area contributed by atoms with E-state index >= 15 is 0 Å². The number of halogens is 3. The van der Waals surface area contributed by atoms with E-state index in [4.69, 9.17) is 0 Å². The van der Waals surface area contributed by atoms with Gasteiger partial charge >= 0.3 is 6.36 Å². The van der Waals surface area contributed by atoms with Crippen molar-refractivity contribution >= 4 is 21.6 Å². The lowest BCUT2D eigenvalue weighted by Crippen LogP contribution is -2.27. The lowest BCUT2D eigenvalue weighted by molar-refractivity contribution is -0.274. The van der Waals surface area contributed by atoms with Gasteiger partial charge in [-0.15, -0.1) is 13.2 Å². The highest BCUT2D eigenvalue weighted by molar-refractivity contribution is 7.89. The number of alkyl halides is 3. The van der Waals surface area contributed by atoms with Crippen LogP contribution in [0.15, 0.2) is 53.7 Å². The van der Waals surface area contributed by atoms with E-state index in [1.165, 1.54) is 36.7 Å². The fourth-order valence-electron chi connectivity index (χ4n) is 1.85. The van der Waals surface area contributed by atoms with Crippen molar-refractivity contribution in [2.24, 2.45) is 0 Å². The van der Waals surface area contributed by atoms with Gasteiger partial charge in [-0.05, 0) is 36.4 Å². The van der Waals surface area contributed by atoms with Crippen molar-refractivity contribution in [1.82, 2.24) is 9.71 Å². The van der Waals surface area contributed by atoms with Crippen molar-refractivity contribution < 1.29 is 31.1 Å². The van der Waals surface area contributed by atoms with Gasteiger partial charge in [-0.1, -0.05) is 0 Å². The number of carbonyl (C=O) groups excluding carboxylic acids is 1. The number of benzene rings is 1. The third kappa shape index (κ3) is 6.33. The molecule has 140 valence electrons. The number of hydrogen-bond donors (Lipinski definition) is 2. The second-order valence-corrected chi connectivity index (χ2v) is 6.72. The SMILES string of the molecule is O=C(CCNS(=O)(=O)c1cccnc1)Nc1ccc(OC(F)(F)F)cc1. The molecule has 0 aliphatic carbocycles. The van der Waals surface area contributed by atoms with Gasteiger partial charge in [0.15, 0.2) is 0 Å². The van der Waals surface area contributed by atoms with Crippen molar-refractivity contribution in [3.05, 3.63) is 48.8 Å². The predicted octanol–water partition coefficient (Wildman–Crippen LogP) is 2.29. The molecule has 1 amide bonds. The Kier molecular flexibility index (Phi) is 6.16. The van der Waals surface area contributed by atoms with E-state index in [1.807, 2.05) is 0 Å². The largest absolute Gasteiger partial charge is 0.573 e. The van der Waals surface area contributed by atoms with E-state index in [1.54, 1.807) is 0 Å². The van der Waals surface area contributed by atoms with Crippen molar-refractivity contribution in [3.8, 4) is 5.75 Å². The number of hydrogen-bond acceptors (Lipinski definition) is 5. The van der Waals surface area contributed by atoms with E-state index < -0.39 is 28.0 Å². The van der Waals surface area contributed by atoms with Crippen molar-refractivity contribution in [2.75, 3.05) is 11.9 Å². The molecule has 0 fully saturated rings. The van der Waals surface area contributed by atoms with Gasteiger partial charge in [0.05, 0.1) is 0 Å². The summed E-state index contributed by atoms with van der Waals surface area (Å²) in [7, 11) is -3.77. The van der Waals surface area contributed by atoms with Crippen LogP contribution in [0.1, 0.15) is 6.42 Å². The maximum Gasteiger partial charge on any atom is 0.573 e. The molecule has 26 heavy (non-hydrogen) atoms. The third-order valence-corrected chi connectivity index (χ3v) is 4.41. The molecule has 0 saturated heterocycles. The number of anilines is 1. The molecule has 2 aromatic rings. The average molecular weight is 389 g/mol. The Morgan fingerprint density at radius 2 is 1.85 bits per heavy atom. The van der Waals surface area contributed by atoms with Crippen LogP contribution in [0, 0.1) is 0 Å². The first-order valence-corrected chi connectivity index (χ1v) is 8.69. The fraction of sp³-hybridized carbons (Fsp3) is 0.200. The molecule has 0 aliphatic rings. The highest BCUT2D eigenvalue weighted by Crippen LogP contribution is 2.23. The number of amides is 1. The smallest absolute Gasteiger partial charge is 0.406 e. The number of sulfonamides is 1. The highest BCUT2D eigenvalue weighted by Gasteiger charge is 2.30. The summed E-state index contributed by atoms with van der Waals surface area (Å²) in [6.07, 6.45) is -2.36. The number of rotatable bonds is 7. The number of nitrogens with zero attached hydrogens (tertiary/aromatic N) is 1. The van der Waals surface area contributed by atoms with Gasteiger partial charge in [0, 0.05) is 31.0 Å². The molecule has 0 radical (unpaired) electrons. The first kappa shape index (κ1) is 19.7. The summed E-state index contributed by atoms with van der Waals surface area (Å²) in [5, 5.41) is 2.44. The Labute approximate surface area is 147 Å². The van der Waals surface area contributed by atoms with Crippen LogP contribution in [0.25, 0.3) is 0 Å². The molecule has 2 N–H and O–H groups in total. The number of pyridine rings is 1. The van der Waals surface area contributed by atoms with Crippen LogP contribution in [0.4, 0.5) is 18.9 Å². The number of nitrogens with one attached hydrogen (secondary N) is 2. The maximum absolute atomic E-state index is 12.1. The minimum absolute atomic E-state index is 0.0272. The summed E-state index contributed by atoms with van der Waals surface area (Å²) in [5.74, 6) is -0.928. The third-order valence-electron chi connectivity index (χ3n) is 2.96. The molecule has 1 aromatic heterocycles. The minimum Gasteiger partial charge on any atom is -0.406 e. The quantitative estimate of drug-likeness (QED) is 0.757. The molecule has 1 heterocycles. The molecular formula is C15H14F3N3O4S. The molecule has 0 bridgehead atoms. The van der Waals surface area contributed by atoms with Crippen LogP contribution >= 0.6 is 0 Å². The zero-order valence-corrected chi connectivity index (χ0v) is 14.0. The van der Waals surface area contributed by atoms with Crippen molar-refractivity contribution in [1.29, 1.82) is 0 Å². The number of aromatic nitrogens is 1. The van der Waals surface area contributed by atoms with Crippen LogP contribution in [-0.2, 0) is 14.8 Å². The number of carbonyl (C=O) groups is 1. The van der Waals surface area contributed by atoms with E-state index in [9.17, 15) is 26.4 Å². The summed E-state index contributed by atoms with van der Waals surface area (Å²) in [6.45, 7) is -0.154. The van der Waals surface area contributed by atoms with Gasteiger partial charge in [0.1, 0.15) is 10.6 Å². The normalized spacial score (nSPS) is 11.8. The lowest BCUT2D eigenvalue weighted by Gasteiger charge is -2.10. The van der Waals surface area contributed by atoms with Gasteiger partial charge in [-0.2, -0.15) is 0 Å². The summed E-state index contributed by atoms with van der Waals surface area (Å²) in [6, 6.07) is 7.40. The van der Waals surface area contributed by atoms with Crippen LogP contribution < -0.4 is 14.8 Å². The summed E-state index contributed by atoms with van der Waals surface area (Å²) >= 11 is 0. The molecule has 7 nitrogen and oxygen atoms in total. The zero-order chi connectivity index (χ0) is 19.2. The Balaban J connectivity index is 1.82. The first-order valence-electron chi connectivity index (χ1n) is 7.21. The van der Waals surface area contributed by atoms with Crippen molar-refractivity contribution in [3.63, 3.8) is 0 Å². The molecular weight excluding hydrogens is 375 g/mol. The van der Waals surface area contributed by atoms with E-state index in [0.717, 1.165) is 12.1 Å². The van der Waals surface area contributed by atoms with Crippen LogP contribution in [0.5, 0.6) is 5.75 Å². The topological polar surface area (TPSA) is 97.4 Å². The second kappa shape index (κ2) is 8.15. The van der Waals surface area contributed by atoms with E-state index in [2.05, 4.69) is 19.8 Å². The van der Waals surface area contributed by atoms with Crippen LogP contribution in [0.3, 0.4) is 0 Å². The van der Waals surface area contributed by atoms with Gasteiger partial charge in [0.25, 0.3) is 0 Å². The van der Waals surface area contributed by atoms with Gasteiger partial charge in [-0.25, -0.2) is 13.1 Å². The highest BCUT2D eigenvalue weighted by atomic mass is 32.2. The second-order valence-electron chi connectivity index (χ2n) is 4.96. The Bertz CT molecular complexity index is 841. The minimum atomic E-state index is -4.80. The Morgan fingerprint density at radius 1 is 1.15 bits per heavy atom. The maximum atomic E-state index is 12.1. The molecule has 2 rings (SSSR count). The molecule has 1 aromatic carbocycles. The zero-order valence-electron chi connectivity index (χ0n) is 13.2. The molecule has 0 aliphatic heterocycles. The van der Waals surface area contributed by atoms with Crippen molar-refractivity contribution in [2.45, 2.75) is 17.7 Å². The Morgan fingerprint density at radius 3 is 2.42 bits per heavy atom. The fourth-order valence-corrected chi connectivity index (χ4v) is 2.85. The molecule has 0 saturated carbocycles. The summed E-state index contributed by atoms with van der Waals surface area (Å²) < 4.78 is 66.0. The first-order chi connectivity index (χ1) is 12.2. The molecule has 11 heteroatoms. The number of ether oxygens (including phenoxy) is 1. The standard InChI is InChI=1S/C15H14F3N3O4S/c16-15(17,18)25-12-5-3-11(4-6-12)21-14(22)7-9-20-26(23,24)13-2-1-8-19-10-13/h1-6,8,10,20H,7,9H2,(H,21,22). The monoisotopic (exact) mass is 389 g/mol. The summed E-state index contributed by atoms with van der Waals surface area (Å²) in [4.78, 5) is 15.5. The molecule has 0 unspecified atom stereocenters. The Hall–Kier alpha value is -2.66.